The lowest BCUT2D eigenvalue weighted by Crippen LogP contribution is -1.98. The number of aromatic nitrogens is 1. The van der Waals surface area contributed by atoms with E-state index in [-0.39, 0.29) is 0 Å². The van der Waals surface area contributed by atoms with Gasteiger partial charge in [0.15, 0.2) is 0 Å². The first-order valence-electron chi connectivity index (χ1n) is 8.06. The fraction of sp³-hybridized carbons (Fsp3) is 0.190. The van der Waals surface area contributed by atoms with E-state index in [1.54, 1.807) is 0 Å². The van der Waals surface area contributed by atoms with E-state index in [2.05, 4.69) is 84.9 Å². The van der Waals surface area contributed by atoms with Gasteiger partial charge in [-0.25, -0.2) is 0 Å². The molecule has 1 heterocycles. The van der Waals surface area contributed by atoms with Gasteiger partial charge >= 0.3 is 0 Å². The summed E-state index contributed by atoms with van der Waals surface area (Å²) in [6.45, 7) is 6.44. The molecule has 1 aromatic heterocycles. The highest BCUT2D eigenvalue weighted by Gasteiger charge is 2.08. The monoisotopic (exact) mass is 302 g/mol. The van der Waals surface area contributed by atoms with Crippen molar-refractivity contribution in [3.63, 3.8) is 0 Å². The van der Waals surface area contributed by atoms with Crippen molar-refractivity contribution in [2.75, 3.05) is 0 Å². The van der Waals surface area contributed by atoms with Gasteiger partial charge in [-0.2, -0.15) is 0 Å². The van der Waals surface area contributed by atoms with Gasteiger partial charge in [-0.05, 0) is 56.2 Å². The second-order valence-corrected chi connectivity index (χ2v) is 5.78. The van der Waals surface area contributed by atoms with Crippen LogP contribution >= 0.6 is 0 Å². The van der Waals surface area contributed by atoms with Crippen LogP contribution in [0, 0.1) is 13.8 Å². The average Bonchev–Trinajstić information content (AvgIpc) is 2.88. The standard InChI is InChI=1S/C21H22N2/c1-4-18-10-12-20(13-11-18)22-15-19-14-16(2)23(17(19)3)21-8-6-5-7-9-21/h5-15H,4H2,1-3H3. The highest BCUT2D eigenvalue weighted by atomic mass is 15.0. The van der Waals surface area contributed by atoms with Gasteiger partial charge in [0, 0.05) is 28.9 Å². The number of hydrogen-bond acceptors (Lipinski definition) is 1. The van der Waals surface area contributed by atoms with E-state index in [0.29, 0.717) is 0 Å². The van der Waals surface area contributed by atoms with E-state index < -0.39 is 0 Å². The van der Waals surface area contributed by atoms with E-state index in [9.17, 15) is 0 Å². The first kappa shape index (κ1) is 15.3. The van der Waals surface area contributed by atoms with Gasteiger partial charge in [-0.3, -0.25) is 4.99 Å². The topological polar surface area (TPSA) is 17.3 Å². The zero-order chi connectivity index (χ0) is 16.2. The maximum Gasteiger partial charge on any atom is 0.0630 e. The van der Waals surface area contributed by atoms with Crippen molar-refractivity contribution in [2.45, 2.75) is 27.2 Å². The number of para-hydroxylation sites is 1. The predicted octanol–water partition coefficient (Wildman–Crippen LogP) is 5.41. The van der Waals surface area contributed by atoms with Gasteiger partial charge in [0.1, 0.15) is 0 Å². The summed E-state index contributed by atoms with van der Waals surface area (Å²) in [6, 6.07) is 21.0. The van der Waals surface area contributed by atoms with Crippen molar-refractivity contribution in [1.82, 2.24) is 4.57 Å². The van der Waals surface area contributed by atoms with Gasteiger partial charge in [-0.1, -0.05) is 37.3 Å². The molecule has 2 heteroatoms. The second kappa shape index (κ2) is 6.66. The van der Waals surface area contributed by atoms with Crippen LogP contribution in [0.25, 0.3) is 5.69 Å². The largest absolute Gasteiger partial charge is 0.318 e. The molecule has 0 atom stereocenters. The molecule has 2 aromatic carbocycles. The molecule has 0 aliphatic heterocycles. The van der Waals surface area contributed by atoms with Crippen LogP contribution in [0.5, 0.6) is 0 Å². The molecule has 0 aliphatic carbocycles. The van der Waals surface area contributed by atoms with Crippen molar-refractivity contribution < 1.29 is 0 Å². The Kier molecular flexibility index (Phi) is 4.42. The zero-order valence-electron chi connectivity index (χ0n) is 14.0. The Hall–Kier alpha value is -2.61. The minimum absolute atomic E-state index is 0.992. The smallest absolute Gasteiger partial charge is 0.0630 e. The molecule has 0 aliphatic rings. The first-order valence-corrected chi connectivity index (χ1v) is 8.06. The maximum atomic E-state index is 4.62. The molecule has 0 amide bonds. The number of aryl methyl sites for hydroxylation is 2. The van der Waals surface area contributed by atoms with Crippen LogP contribution in [-0.4, -0.2) is 10.8 Å². The van der Waals surface area contributed by atoms with Crippen LogP contribution in [0.2, 0.25) is 0 Å². The van der Waals surface area contributed by atoms with Gasteiger partial charge in [0.25, 0.3) is 0 Å². The summed E-state index contributed by atoms with van der Waals surface area (Å²) in [5, 5.41) is 0. The lowest BCUT2D eigenvalue weighted by Gasteiger charge is -2.08. The van der Waals surface area contributed by atoms with Crippen LogP contribution in [0.15, 0.2) is 65.7 Å². The molecule has 0 radical (unpaired) electrons. The molecular weight excluding hydrogens is 280 g/mol. The number of hydrogen-bond donors (Lipinski definition) is 0. The molecule has 0 spiro atoms. The summed E-state index contributed by atoms with van der Waals surface area (Å²) in [5.41, 5.74) is 7.11. The van der Waals surface area contributed by atoms with Crippen LogP contribution in [0.1, 0.15) is 29.4 Å². The van der Waals surface area contributed by atoms with E-state index in [4.69, 9.17) is 0 Å². The number of benzene rings is 2. The van der Waals surface area contributed by atoms with Crippen molar-refractivity contribution in [1.29, 1.82) is 0 Å². The Balaban J connectivity index is 1.90. The van der Waals surface area contributed by atoms with Crippen molar-refractivity contribution in [3.05, 3.63) is 83.2 Å². The zero-order valence-corrected chi connectivity index (χ0v) is 14.0. The van der Waals surface area contributed by atoms with Gasteiger partial charge in [-0.15, -0.1) is 0 Å². The minimum atomic E-state index is 0.992. The van der Waals surface area contributed by atoms with Crippen LogP contribution in [-0.2, 0) is 6.42 Å². The molecule has 0 fully saturated rings. The molecule has 0 unspecified atom stereocenters. The third kappa shape index (κ3) is 3.26. The second-order valence-electron chi connectivity index (χ2n) is 5.78. The highest BCUT2D eigenvalue weighted by Crippen LogP contribution is 2.20. The lowest BCUT2D eigenvalue weighted by atomic mass is 10.1. The summed E-state index contributed by atoms with van der Waals surface area (Å²) in [7, 11) is 0. The predicted molar refractivity (Wildman–Crippen MR) is 98.3 cm³/mol. The summed E-state index contributed by atoms with van der Waals surface area (Å²) in [5.74, 6) is 0. The van der Waals surface area contributed by atoms with Crippen LogP contribution < -0.4 is 0 Å². The van der Waals surface area contributed by atoms with E-state index in [1.165, 1.54) is 22.6 Å². The molecule has 23 heavy (non-hydrogen) atoms. The van der Waals surface area contributed by atoms with Crippen molar-refractivity contribution >= 4 is 11.9 Å². The van der Waals surface area contributed by atoms with Crippen LogP contribution in [0.4, 0.5) is 5.69 Å². The van der Waals surface area contributed by atoms with E-state index in [0.717, 1.165) is 17.7 Å². The van der Waals surface area contributed by atoms with Crippen molar-refractivity contribution in [3.8, 4) is 5.69 Å². The van der Waals surface area contributed by atoms with E-state index in [1.807, 2.05) is 12.3 Å². The SMILES string of the molecule is CCc1ccc(N=Cc2cc(C)n(-c3ccccc3)c2C)cc1. The maximum absolute atomic E-state index is 4.62. The normalized spacial score (nSPS) is 11.3. The quantitative estimate of drug-likeness (QED) is 0.574. The summed E-state index contributed by atoms with van der Waals surface area (Å²) in [6.07, 6.45) is 3.02. The van der Waals surface area contributed by atoms with Crippen molar-refractivity contribution in [2.24, 2.45) is 4.99 Å². The third-order valence-corrected chi connectivity index (χ3v) is 4.18. The summed E-state index contributed by atoms with van der Waals surface area (Å²) in [4.78, 5) is 4.62. The lowest BCUT2D eigenvalue weighted by molar-refractivity contribution is 0.965. The molecule has 2 nitrogen and oxygen atoms in total. The average molecular weight is 302 g/mol. The summed E-state index contributed by atoms with van der Waals surface area (Å²) >= 11 is 0. The highest BCUT2D eigenvalue weighted by molar-refractivity contribution is 5.84. The minimum Gasteiger partial charge on any atom is -0.318 e. The fourth-order valence-electron chi connectivity index (χ4n) is 2.85. The van der Waals surface area contributed by atoms with E-state index >= 15 is 0 Å². The molecule has 116 valence electrons. The van der Waals surface area contributed by atoms with Crippen LogP contribution in [0.3, 0.4) is 0 Å². The Morgan fingerprint density at radius 3 is 2.30 bits per heavy atom. The molecule has 0 saturated heterocycles. The molecule has 3 rings (SSSR count). The number of rotatable bonds is 4. The summed E-state index contributed by atoms with van der Waals surface area (Å²) < 4.78 is 2.27. The van der Waals surface area contributed by atoms with Gasteiger partial charge < -0.3 is 4.57 Å². The Morgan fingerprint density at radius 2 is 1.65 bits per heavy atom. The molecule has 0 N–H and O–H groups in total. The first-order chi connectivity index (χ1) is 11.2. The Labute approximate surface area is 138 Å². The van der Waals surface area contributed by atoms with Gasteiger partial charge in [0.05, 0.1) is 5.69 Å². The molecule has 0 saturated carbocycles. The molecule has 3 aromatic rings. The molecular formula is C21H22N2. The fourth-order valence-corrected chi connectivity index (χ4v) is 2.85. The third-order valence-electron chi connectivity index (χ3n) is 4.18. The number of nitrogens with zero attached hydrogens (tertiary/aromatic N) is 2. The Morgan fingerprint density at radius 1 is 0.957 bits per heavy atom. The van der Waals surface area contributed by atoms with Gasteiger partial charge in [0.2, 0.25) is 0 Å². The molecule has 0 bridgehead atoms. The Bertz CT molecular complexity index is 809. The number of aliphatic imine (C=N–C) groups is 1.